The van der Waals surface area contributed by atoms with E-state index in [1.54, 1.807) is 6.07 Å². The van der Waals surface area contributed by atoms with Gasteiger partial charge < -0.3 is 14.6 Å². The van der Waals surface area contributed by atoms with Crippen LogP contribution in [-0.4, -0.2) is 28.7 Å². The summed E-state index contributed by atoms with van der Waals surface area (Å²) in [6, 6.07) is 13.2. The number of carboxylic acid groups (broad SMARTS) is 1. The van der Waals surface area contributed by atoms with E-state index in [1.807, 2.05) is 31.2 Å². The Labute approximate surface area is 153 Å². The number of benzene rings is 2. The Hall–Kier alpha value is -3.26. The summed E-state index contributed by atoms with van der Waals surface area (Å²) in [7, 11) is 0. The highest BCUT2D eigenvalue weighted by atomic mass is 32.1. The van der Waals surface area contributed by atoms with Crippen LogP contribution in [0.1, 0.15) is 27.6 Å². The lowest BCUT2D eigenvalue weighted by Gasteiger charge is -2.08. The second kappa shape index (κ2) is 7.75. The third kappa shape index (κ3) is 3.86. The van der Waals surface area contributed by atoms with Crippen LogP contribution in [0.5, 0.6) is 5.75 Å². The van der Waals surface area contributed by atoms with E-state index < -0.39 is 11.9 Å². The lowest BCUT2D eigenvalue weighted by molar-refractivity contribution is -0.255. The molecule has 1 N–H and O–H groups in total. The van der Waals surface area contributed by atoms with Crippen molar-refractivity contribution in [1.82, 2.24) is 10.2 Å². The van der Waals surface area contributed by atoms with Gasteiger partial charge in [0, 0.05) is 16.7 Å². The minimum Gasteiger partial charge on any atom is -0.545 e. The molecule has 0 spiro atoms. The van der Waals surface area contributed by atoms with Crippen molar-refractivity contribution in [2.24, 2.45) is 0 Å². The van der Waals surface area contributed by atoms with E-state index in [9.17, 15) is 14.7 Å². The van der Waals surface area contributed by atoms with E-state index in [0.29, 0.717) is 11.6 Å². The predicted octanol–water partition coefficient (Wildman–Crippen LogP) is 2.22. The molecule has 1 heterocycles. The Bertz CT molecular complexity index is 938. The molecule has 0 aliphatic carbocycles. The molecule has 0 aliphatic rings. The number of carboxylic acids is 1. The number of hydrogen-bond donors (Lipinski definition) is 1. The summed E-state index contributed by atoms with van der Waals surface area (Å²) in [5.74, 6) is -1.24. The van der Waals surface area contributed by atoms with Gasteiger partial charge in [-0.15, -0.1) is 10.2 Å². The number of nitrogens with zero attached hydrogens (tertiary/aromatic N) is 2. The first-order chi connectivity index (χ1) is 12.6. The Morgan fingerprint density at radius 2 is 1.77 bits per heavy atom. The number of nitrogens with one attached hydrogen (secondary N) is 1. The molecule has 0 aliphatic heterocycles. The van der Waals surface area contributed by atoms with Crippen molar-refractivity contribution in [3.8, 4) is 16.3 Å². The zero-order valence-corrected chi connectivity index (χ0v) is 14.6. The second-order valence-electron chi connectivity index (χ2n) is 5.16. The van der Waals surface area contributed by atoms with Crippen LogP contribution in [0.2, 0.25) is 0 Å². The lowest BCUT2D eigenvalue weighted by atomic mass is 10.1. The Kier molecular flexibility index (Phi) is 5.23. The van der Waals surface area contributed by atoms with Gasteiger partial charge in [0.2, 0.25) is 5.13 Å². The number of amides is 1. The molecule has 0 saturated carbocycles. The molecule has 1 aromatic heterocycles. The fraction of sp³-hybridized carbons (Fsp3) is 0.111. The first kappa shape index (κ1) is 17.6. The van der Waals surface area contributed by atoms with Gasteiger partial charge in [0.1, 0.15) is 10.8 Å². The van der Waals surface area contributed by atoms with Crippen LogP contribution < -0.4 is 15.2 Å². The predicted molar refractivity (Wildman–Crippen MR) is 95.2 cm³/mol. The number of rotatable bonds is 6. The highest BCUT2D eigenvalue weighted by molar-refractivity contribution is 7.18. The minimum absolute atomic E-state index is 0.00492. The summed E-state index contributed by atoms with van der Waals surface area (Å²) in [5, 5.41) is 22.6. The molecule has 0 fully saturated rings. The summed E-state index contributed by atoms with van der Waals surface area (Å²) in [6.45, 7) is 2.49. The maximum absolute atomic E-state index is 12.3. The summed E-state index contributed by atoms with van der Waals surface area (Å²) >= 11 is 1.18. The molecule has 7 nitrogen and oxygen atoms in total. The number of aromatic nitrogens is 2. The van der Waals surface area contributed by atoms with Crippen LogP contribution >= 0.6 is 11.3 Å². The molecular formula is C18H14N3O4S-. The highest BCUT2D eigenvalue weighted by Crippen LogP contribution is 2.28. The zero-order valence-electron chi connectivity index (χ0n) is 13.8. The monoisotopic (exact) mass is 368 g/mol. The first-order valence-electron chi connectivity index (χ1n) is 7.77. The fourth-order valence-electron chi connectivity index (χ4n) is 2.27. The minimum atomic E-state index is -1.41. The van der Waals surface area contributed by atoms with Gasteiger partial charge in [-0.05, 0) is 37.3 Å². The topological polar surface area (TPSA) is 104 Å². The van der Waals surface area contributed by atoms with Crippen molar-refractivity contribution in [3.63, 3.8) is 0 Å². The SMILES string of the molecule is CCOc1ccc(-c2nnc(NC(=O)c3ccccc3C(=O)[O-])s2)cc1. The third-order valence-corrected chi connectivity index (χ3v) is 4.34. The van der Waals surface area contributed by atoms with Crippen LogP contribution in [0.25, 0.3) is 10.6 Å². The maximum atomic E-state index is 12.3. The summed E-state index contributed by atoms with van der Waals surface area (Å²) in [4.78, 5) is 23.4. The average Bonchev–Trinajstić information content (AvgIpc) is 3.11. The molecule has 26 heavy (non-hydrogen) atoms. The molecule has 8 heteroatoms. The second-order valence-corrected chi connectivity index (χ2v) is 6.13. The van der Waals surface area contributed by atoms with Gasteiger partial charge in [-0.3, -0.25) is 10.1 Å². The molecule has 0 bridgehead atoms. The molecule has 2 aromatic carbocycles. The van der Waals surface area contributed by atoms with Crippen molar-refractivity contribution < 1.29 is 19.4 Å². The molecule has 0 radical (unpaired) electrons. The number of carbonyl (C=O) groups is 2. The number of ether oxygens (including phenoxy) is 1. The van der Waals surface area contributed by atoms with Crippen molar-refractivity contribution in [2.45, 2.75) is 6.92 Å². The first-order valence-corrected chi connectivity index (χ1v) is 8.58. The zero-order chi connectivity index (χ0) is 18.5. The van der Waals surface area contributed by atoms with E-state index in [1.165, 1.54) is 29.5 Å². The van der Waals surface area contributed by atoms with Crippen LogP contribution in [0.3, 0.4) is 0 Å². The molecule has 0 unspecified atom stereocenters. The molecule has 0 saturated heterocycles. The van der Waals surface area contributed by atoms with Gasteiger partial charge in [-0.1, -0.05) is 29.5 Å². The van der Waals surface area contributed by atoms with Crippen molar-refractivity contribution in [2.75, 3.05) is 11.9 Å². The quantitative estimate of drug-likeness (QED) is 0.715. The van der Waals surface area contributed by atoms with E-state index in [0.717, 1.165) is 11.3 Å². The molecular weight excluding hydrogens is 354 g/mol. The van der Waals surface area contributed by atoms with Crippen LogP contribution in [-0.2, 0) is 0 Å². The van der Waals surface area contributed by atoms with Gasteiger partial charge >= 0.3 is 0 Å². The summed E-state index contributed by atoms with van der Waals surface area (Å²) < 4.78 is 5.39. The Morgan fingerprint density at radius 1 is 1.08 bits per heavy atom. The van der Waals surface area contributed by atoms with Gasteiger partial charge in [0.25, 0.3) is 5.91 Å². The van der Waals surface area contributed by atoms with Gasteiger partial charge in [-0.2, -0.15) is 0 Å². The fourth-order valence-corrected chi connectivity index (χ4v) is 3.02. The molecule has 3 aromatic rings. The number of carbonyl (C=O) groups excluding carboxylic acids is 2. The number of hydrogen-bond acceptors (Lipinski definition) is 7. The smallest absolute Gasteiger partial charge is 0.258 e. The van der Waals surface area contributed by atoms with Gasteiger partial charge in [0.15, 0.2) is 0 Å². The van der Waals surface area contributed by atoms with Crippen molar-refractivity contribution >= 4 is 28.3 Å². The van der Waals surface area contributed by atoms with E-state index >= 15 is 0 Å². The summed E-state index contributed by atoms with van der Waals surface area (Å²) in [6.07, 6.45) is 0. The van der Waals surface area contributed by atoms with Crippen LogP contribution in [0.4, 0.5) is 5.13 Å². The molecule has 1 amide bonds. The van der Waals surface area contributed by atoms with E-state index in [4.69, 9.17) is 4.74 Å². The van der Waals surface area contributed by atoms with Crippen molar-refractivity contribution in [3.05, 3.63) is 59.7 Å². The highest BCUT2D eigenvalue weighted by Gasteiger charge is 2.14. The van der Waals surface area contributed by atoms with E-state index in [2.05, 4.69) is 15.5 Å². The summed E-state index contributed by atoms with van der Waals surface area (Å²) in [5.41, 5.74) is 0.660. The van der Waals surface area contributed by atoms with Crippen LogP contribution in [0.15, 0.2) is 48.5 Å². The van der Waals surface area contributed by atoms with Gasteiger partial charge in [0.05, 0.1) is 12.6 Å². The Morgan fingerprint density at radius 3 is 2.42 bits per heavy atom. The molecule has 132 valence electrons. The Balaban J connectivity index is 1.76. The average molecular weight is 368 g/mol. The largest absolute Gasteiger partial charge is 0.545 e. The van der Waals surface area contributed by atoms with Crippen molar-refractivity contribution in [1.29, 1.82) is 0 Å². The van der Waals surface area contributed by atoms with E-state index in [-0.39, 0.29) is 16.3 Å². The lowest BCUT2D eigenvalue weighted by Crippen LogP contribution is -2.26. The maximum Gasteiger partial charge on any atom is 0.258 e. The normalized spacial score (nSPS) is 10.3. The van der Waals surface area contributed by atoms with Crippen LogP contribution in [0, 0.1) is 0 Å². The standard InChI is InChI=1S/C18H15N3O4S/c1-2-25-12-9-7-11(8-10-12)16-20-21-18(26-16)19-15(22)13-5-3-4-6-14(13)17(23)24/h3-10H,2H2,1H3,(H,23,24)(H,19,21,22)/p-1. The van der Waals surface area contributed by atoms with Gasteiger partial charge in [-0.25, -0.2) is 0 Å². The molecule has 0 atom stereocenters. The third-order valence-electron chi connectivity index (χ3n) is 3.45. The molecule has 3 rings (SSSR count). The number of anilines is 1. The number of aromatic carboxylic acids is 1.